The molecule has 0 saturated heterocycles. The predicted molar refractivity (Wildman–Crippen MR) is 77.8 cm³/mol. The Morgan fingerprint density at radius 1 is 1.05 bits per heavy atom. The molecule has 0 unspecified atom stereocenters. The molecular formula is C14H17N3OS. The van der Waals surface area contributed by atoms with Crippen molar-refractivity contribution in [2.75, 3.05) is 12.8 Å². The van der Waals surface area contributed by atoms with Crippen LogP contribution in [0.3, 0.4) is 0 Å². The molecule has 0 spiro atoms. The number of methoxy groups -OCH3 is 1. The van der Waals surface area contributed by atoms with Crippen LogP contribution < -0.4 is 10.5 Å². The molecule has 0 bridgehead atoms. The van der Waals surface area contributed by atoms with E-state index in [9.17, 15) is 0 Å². The number of hydrogen-bond acceptors (Lipinski definition) is 5. The van der Waals surface area contributed by atoms with E-state index in [4.69, 9.17) is 10.5 Å². The third-order valence-corrected chi connectivity index (χ3v) is 3.80. The first-order valence-corrected chi connectivity index (χ1v) is 6.75. The molecule has 5 heteroatoms. The zero-order valence-corrected chi connectivity index (χ0v) is 12.3. The largest absolute Gasteiger partial charge is 0.497 e. The lowest BCUT2D eigenvalue weighted by molar-refractivity contribution is 0.414. The molecule has 4 nitrogen and oxygen atoms in total. The first-order valence-electron chi connectivity index (χ1n) is 5.94. The lowest BCUT2D eigenvalue weighted by Gasteiger charge is -2.08. The van der Waals surface area contributed by atoms with Gasteiger partial charge in [-0.05, 0) is 50.2 Å². The zero-order valence-electron chi connectivity index (χ0n) is 11.5. The highest BCUT2D eigenvalue weighted by Crippen LogP contribution is 2.30. The van der Waals surface area contributed by atoms with E-state index in [0.29, 0.717) is 5.69 Å². The van der Waals surface area contributed by atoms with E-state index in [1.807, 2.05) is 32.9 Å². The SMILES string of the molecule is COc1cc(N)cc(Sc2nc(C)c(C)c(C)n2)c1. The Balaban J connectivity index is 2.33. The number of nitrogens with zero attached hydrogens (tertiary/aromatic N) is 2. The molecule has 2 N–H and O–H groups in total. The Morgan fingerprint density at radius 3 is 2.26 bits per heavy atom. The molecule has 0 radical (unpaired) electrons. The van der Waals surface area contributed by atoms with Crippen LogP contribution in [0.4, 0.5) is 5.69 Å². The molecule has 19 heavy (non-hydrogen) atoms. The number of rotatable bonds is 3. The van der Waals surface area contributed by atoms with E-state index in [-0.39, 0.29) is 0 Å². The van der Waals surface area contributed by atoms with E-state index < -0.39 is 0 Å². The Labute approximate surface area is 117 Å². The van der Waals surface area contributed by atoms with E-state index in [2.05, 4.69) is 9.97 Å². The maximum atomic E-state index is 5.84. The maximum absolute atomic E-state index is 5.84. The molecule has 0 atom stereocenters. The Morgan fingerprint density at radius 2 is 1.68 bits per heavy atom. The first-order chi connectivity index (χ1) is 8.99. The normalized spacial score (nSPS) is 10.5. The number of nitrogens with two attached hydrogens (primary N) is 1. The van der Waals surface area contributed by atoms with Gasteiger partial charge in [0.2, 0.25) is 0 Å². The van der Waals surface area contributed by atoms with Crippen LogP contribution in [0.2, 0.25) is 0 Å². The second kappa shape index (κ2) is 5.48. The van der Waals surface area contributed by atoms with Crippen molar-refractivity contribution in [1.29, 1.82) is 0 Å². The molecule has 0 fully saturated rings. The minimum atomic E-state index is 0.669. The number of benzene rings is 1. The van der Waals surface area contributed by atoms with Gasteiger partial charge in [-0.1, -0.05) is 0 Å². The number of aryl methyl sites for hydroxylation is 2. The van der Waals surface area contributed by atoms with Crippen LogP contribution in [0, 0.1) is 20.8 Å². The molecule has 1 aromatic carbocycles. The van der Waals surface area contributed by atoms with E-state index in [1.165, 1.54) is 11.8 Å². The number of ether oxygens (including phenoxy) is 1. The van der Waals surface area contributed by atoms with Crippen LogP contribution in [-0.4, -0.2) is 17.1 Å². The van der Waals surface area contributed by atoms with Gasteiger partial charge in [0.05, 0.1) is 7.11 Å². The molecule has 1 heterocycles. The van der Waals surface area contributed by atoms with Crippen molar-refractivity contribution in [3.8, 4) is 5.75 Å². The fourth-order valence-electron chi connectivity index (χ4n) is 1.66. The van der Waals surface area contributed by atoms with Crippen LogP contribution in [0.5, 0.6) is 5.75 Å². The van der Waals surface area contributed by atoms with Crippen LogP contribution in [-0.2, 0) is 0 Å². The van der Waals surface area contributed by atoms with Crippen LogP contribution in [0.25, 0.3) is 0 Å². The zero-order chi connectivity index (χ0) is 14.0. The number of anilines is 1. The maximum Gasteiger partial charge on any atom is 0.192 e. The summed E-state index contributed by atoms with van der Waals surface area (Å²) in [6.45, 7) is 6.02. The Bertz CT molecular complexity index is 591. The van der Waals surface area contributed by atoms with E-state index in [0.717, 1.165) is 32.8 Å². The van der Waals surface area contributed by atoms with Gasteiger partial charge >= 0.3 is 0 Å². The topological polar surface area (TPSA) is 61.0 Å². The van der Waals surface area contributed by atoms with E-state index in [1.54, 1.807) is 13.2 Å². The Hall–Kier alpha value is -1.75. The van der Waals surface area contributed by atoms with Gasteiger partial charge in [0, 0.05) is 28.0 Å². The van der Waals surface area contributed by atoms with Crippen molar-refractivity contribution in [2.24, 2.45) is 0 Å². The van der Waals surface area contributed by atoms with Gasteiger partial charge in [-0.3, -0.25) is 0 Å². The van der Waals surface area contributed by atoms with Gasteiger partial charge in [-0.15, -0.1) is 0 Å². The van der Waals surface area contributed by atoms with Gasteiger partial charge in [0.25, 0.3) is 0 Å². The average Bonchev–Trinajstić information content (AvgIpc) is 2.35. The fraction of sp³-hybridized carbons (Fsp3) is 0.286. The monoisotopic (exact) mass is 275 g/mol. The minimum Gasteiger partial charge on any atom is -0.497 e. The van der Waals surface area contributed by atoms with E-state index >= 15 is 0 Å². The van der Waals surface area contributed by atoms with Crippen LogP contribution >= 0.6 is 11.8 Å². The van der Waals surface area contributed by atoms with Crippen molar-refractivity contribution in [2.45, 2.75) is 30.8 Å². The lowest BCUT2D eigenvalue weighted by atomic mass is 10.2. The molecular weight excluding hydrogens is 258 g/mol. The second-order valence-corrected chi connectivity index (χ2v) is 5.39. The van der Waals surface area contributed by atoms with Crippen LogP contribution in [0.1, 0.15) is 17.0 Å². The van der Waals surface area contributed by atoms with Crippen molar-refractivity contribution < 1.29 is 4.74 Å². The van der Waals surface area contributed by atoms with Crippen molar-refractivity contribution in [3.05, 3.63) is 35.2 Å². The predicted octanol–water partition coefficient (Wildman–Crippen LogP) is 3.14. The van der Waals surface area contributed by atoms with Gasteiger partial charge in [-0.2, -0.15) is 0 Å². The highest BCUT2D eigenvalue weighted by Gasteiger charge is 2.07. The number of aromatic nitrogens is 2. The smallest absolute Gasteiger partial charge is 0.192 e. The number of hydrogen-bond donors (Lipinski definition) is 1. The fourth-order valence-corrected chi connectivity index (χ4v) is 2.61. The van der Waals surface area contributed by atoms with Crippen molar-refractivity contribution in [3.63, 3.8) is 0 Å². The standard InChI is InChI=1S/C14H17N3OS/c1-8-9(2)16-14(17-10(8)3)19-13-6-11(15)5-12(7-13)18-4/h5-7H,15H2,1-4H3. The molecule has 0 aliphatic rings. The van der Waals surface area contributed by atoms with Gasteiger partial charge < -0.3 is 10.5 Å². The molecule has 1 aromatic heterocycles. The highest BCUT2D eigenvalue weighted by atomic mass is 32.2. The molecule has 2 rings (SSSR count). The summed E-state index contributed by atoms with van der Waals surface area (Å²) in [4.78, 5) is 9.94. The van der Waals surface area contributed by atoms with Crippen LogP contribution in [0.15, 0.2) is 28.3 Å². The second-order valence-electron chi connectivity index (χ2n) is 4.35. The molecule has 2 aromatic rings. The summed E-state index contributed by atoms with van der Waals surface area (Å²) >= 11 is 1.49. The van der Waals surface area contributed by atoms with Gasteiger partial charge in [0.1, 0.15) is 5.75 Å². The summed E-state index contributed by atoms with van der Waals surface area (Å²) < 4.78 is 5.21. The summed E-state index contributed by atoms with van der Waals surface area (Å²) in [7, 11) is 1.62. The summed E-state index contributed by atoms with van der Waals surface area (Å²) in [5, 5.41) is 0.730. The summed E-state index contributed by atoms with van der Waals surface area (Å²) in [5.41, 5.74) is 9.65. The van der Waals surface area contributed by atoms with Gasteiger partial charge in [-0.25, -0.2) is 9.97 Å². The highest BCUT2D eigenvalue weighted by molar-refractivity contribution is 7.99. The first kappa shape index (κ1) is 13.7. The third-order valence-electron chi connectivity index (χ3n) is 2.96. The number of nitrogen functional groups attached to an aromatic ring is 1. The summed E-state index contributed by atoms with van der Waals surface area (Å²) in [6, 6.07) is 5.60. The third kappa shape index (κ3) is 3.17. The molecule has 0 aliphatic carbocycles. The quantitative estimate of drug-likeness (QED) is 0.688. The molecule has 0 aliphatic heterocycles. The molecule has 0 amide bonds. The molecule has 100 valence electrons. The van der Waals surface area contributed by atoms with Gasteiger partial charge in [0.15, 0.2) is 5.16 Å². The molecule has 0 saturated carbocycles. The van der Waals surface area contributed by atoms with Crippen molar-refractivity contribution in [1.82, 2.24) is 9.97 Å². The lowest BCUT2D eigenvalue weighted by Crippen LogP contribution is -1.98. The summed E-state index contributed by atoms with van der Waals surface area (Å²) in [6.07, 6.45) is 0. The average molecular weight is 275 g/mol. The Kier molecular flexibility index (Phi) is 3.95. The minimum absolute atomic E-state index is 0.669. The summed E-state index contributed by atoms with van der Waals surface area (Å²) in [5.74, 6) is 0.739. The van der Waals surface area contributed by atoms with Crippen molar-refractivity contribution >= 4 is 17.4 Å².